The summed E-state index contributed by atoms with van der Waals surface area (Å²) in [6, 6.07) is 6.49. The number of benzene rings is 1. The van der Waals surface area contributed by atoms with Crippen molar-refractivity contribution in [2.24, 2.45) is 7.05 Å². The molecule has 0 saturated carbocycles. The molecular formula is C14H16ClFN2O. The molecule has 0 saturated heterocycles. The monoisotopic (exact) mass is 282 g/mol. The Kier molecular flexibility index (Phi) is 4.43. The van der Waals surface area contributed by atoms with E-state index < -0.39 is 0 Å². The second kappa shape index (κ2) is 6.06. The van der Waals surface area contributed by atoms with Crippen LogP contribution in [-0.2, 0) is 26.0 Å². The molecule has 102 valence electrons. The lowest BCUT2D eigenvalue weighted by Gasteiger charge is -2.07. The number of nitrogens with zero attached hydrogens (tertiary/aromatic N) is 2. The topological polar surface area (TPSA) is 27.1 Å². The van der Waals surface area contributed by atoms with Gasteiger partial charge in [0.2, 0.25) is 0 Å². The highest BCUT2D eigenvalue weighted by Crippen LogP contribution is 2.19. The summed E-state index contributed by atoms with van der Waals surface area (Å²) in [5.41, 5.74) is 2.67. The predicted octanol–water partition coefficient (Wildman–Crippen LogP) is 3.44. The van der Waals surface area contributed by atoms with Crippen molar-refractivity contribution in [3.05, 3.63) is 47.0 Å². The Morgan fingerprint density at radius 3 is 2.74 bits per heavy atom. The third-order valence-corrected chi connectivity index (χ3v) is 3.17. The minimum atomic E-state index is -0.340. The third kappa shape index (κ3) is 3.47. The minimum absolute atomic E-state index is 0.264. The van der Waals surface area contributed by atoms with Crippen molar-refractivity contribution in [1.29, 1.82) is 0 Å². The molecular weight excluding hydrogens is 267 g/mol. The Hall–Kier alpha value is -1.55. The predicted molar refractivity (Wildman–Crippen MR) is 72.9 cm³/mol. The average Bonchev–Trinajstić information content (AvgIpc) is 2.76. The highest BCUT2D eigenvalue weighted by Gasteiger charge is 2.06. The van der Waals surface area contributed by atoms with Crippen molar-refractivity contribution in [2.75, 3.05) is 0 Å². The zero-order valence-corrected chi connectivity index (χ0v) is 11.7. The quantitative estimate of drug-likeness (QED) is 0.786. The average molecular weight is 283 g/mol. The van der Waals surface area contributed by atoms with Crippen LogP contribution in [0, 0.1) is 5.82 Å². The summed E-state index contributed by atoms with van der Waals surface area (Å²) in [6.45, 7) is 2.40. The smallest absolute Gasteiger partial charge is 0.130 e. The molecule has 0 aliphatic carbocycles. The number of alkyl halides is 1. The van der Waals surface area contributed by atoms with Gasteiger partial charge in [0.15, 0.2) is 0 Å². The van der Waals surface area contributed by atoms with E-state index in [2.05, 4.69) is 5.10 Å². The first-order chi connectivity index (χ1) is 9.12. The number of ether oxygens (including phenoxy) is 1. The fourth-order valence-corrected chi connectivity index (χ4v) is 1.97. The Bertz CT molecular complexity index is 569. The maximum absolute atomic E-state index is 13.3. The summed E-state index contributed by atoms with van der Waals surface area (Å²) in [5.74, 6) is 0.405. The molecule has 0 spiro atoms. The van der Waals surface area contributed by atoms with E-state index in [1.54, 1.807) is 10.7 Å². The van der Waals surface area contributed by atoms with Crippen LogP contribution in [0.15, 0.2) is 24.3 Å². The lowest BCUT2D eigenvalue weighted by atomic mass is 10.2. The van der Waals surface area contributed by atoms with Crippen LogP contribution >= 0.6 is 11.6 Å². The fourth-order valence-electron chi connectivity index (χ4n) is 1.82. The van der Waals surface area contributed by atoms with Crippen LogP contribution in [0.2, 0.25) is 0 Å². The van der Waals surface area contributed by atoms with Crippen molar-refractivity contribution < 1.29 is 9.13 Å². The molecule has 0 amide bonds. The molecule has 0 N–H and O–H groups in total. The molecule has 1 heterocycles. The van der Waals surface area contributed by atoms with Gasteiger partial charge in [0, 0.05) is 19.0 Å². The lowest BCUT2D eigenvalue weighted by molar-refractivity contribution is 0.293. The van der Waals surface area contributed by atoms with Crippen molar-refractivity contribution in [2.45, 2.75) is 25.8 Å². The SMILES string of the molecule is CCc1cc(COc2cc(F)cc(CCl)c2)n(C)n1. The zero-order chi connectivity index (χ0) is 13.8. The summed E-state index contributed by atoms with van der Waals surface area (Å²) in [7, 11) is 1.87. The molecule has 2 aromatic rings. The Balaban J connectivity index is 2.09. The van der Waals surface area contributed by atoms with Gasteiger partial charge < -0.3 is 4.74 Å². The van der Waals surface area contributed by atoms with Crippen molar-refractivity contribution in [3.63, 3.8) is 0 Å². The largest absolute Gasteiger partial charge is 0.487 e. The molecule has 0 radical (unpaired) electrons. The molecule has 0 unspecified atom stereocenters. The summed E-state index contributed by atoms with van der Waals surface area (Å²) in [6.07, 6.45) is 0.879. The van der Waals surface area contributed by atoms with Crippen LogP contribution < -0.4 is 4.74 Å². The maximum atomic E-state index is 13.3. The molecule has 2 rings (SSSR count). The van der Waals surface area contributed by atoms with Gasteiger partial charge in [0.25, 0.3) is 0 Å². The van der Waals surface area contributed by atoms with Gasteiger partial charge in [0.05, 0.1) is 11.4 Å². The molecule has 0 bridgehead atoms. The number of aryl methyl sites for hydroxylation is 2. The Morgan fingerprint density at radius 1 is 1.32 bits per heavy atom. The summed E-state index contributed by atoms with van der Waals surface area (Å²) < 4.78 is 20.7. The first kappa shape index (κ1) is 13.9. The van der Waals surface area contributed by atoms with Gasteiger partial charge in [-0.1, -0.05) is 6.92 Å². The van der Waals surface area contributed by atoms with Crippen molar-refractivity contribution in [3.8, 4) is 5.75 Å². The van der Waals surface area contributed by atoms with Gasteiger partial charge in [-0.25, -0.2) is 4.39 Å². The zero-order valence-electron chi connectivity index (χ0n) is 11.0. The molecule has 5 heteroatoms. The molecule has 19 heavy (non-hydrogen) atoms. The summed E-state index contributed by atoms with van der Waals surface area (Å²) in [4.78, 5) is 0. The Morgan fingerprint density at radius 2 is 2.11 bits per heavy atom. The van der Waals surface area contributed by atoms with Crippen LogP contribution in [0.5, 0.6) is 5.75 Å². The van der Waals surface area contributed by atoms with Crippen molar-refractivity contribution >= 4 is 11.6 Å². The summed E-state index contributed by atoms with van der Waals surface area (Å²) >= 11 is 5.70. The molecule has 0 atom stereocenters. The fraction of sp³-hybridized carbons (Fsp3) is 0.357. The highest BCUT2D eigenvalue weighted by molar-refractivity contribution is 6.17. The minimum Gasteiger partial charge on any atom is -0.487 e. The van der Waals surface area contributed by atoms with Crippen LogP contribution in [0.1, 0.15) is 23.9 Å². The van der Waals surface area contributed by atoms with Gasteiger partial charge in [-0.2, -0.15) is 5.10 Å². The second-order valence-corrected chi connectivity index (χ2v) is 4.59. The highest BCUT2D eigenvalue weighted by atomic mass is 35.5. The molecule has 3 nitrogen and oxygen atoms in total. The second-order valence-electron chi connectivity index (χ2n) is 4.32. The molecule has 1 aromatic heterocycles. The first-order valence-corrected chi connectivity index (χ1v) is 6.66. The van der Waals surface area contributed by atoms with Gasteiger partial charge in [-0.15, -0.1) is 11.6 Å². The van der Waals surface area contributed by atoms with Crippen LogP contribution in [0.4, 0.5) is 4.39 Å². The van der Waals surface area contributed by atoms with E-state index in [-0.39, 0.29) is 11.7 Å². The van der Waals surface area contributed by atoms with Gasteiger partial charge in [-0.3, -0.25) is 4.68 Å². The number of aromatic nitrogens is 2. The normalized spacial score (nSPS) is 10.7. The first-order valence-electron chi connectivity index (χ1n) is 6.12. The maximum Gasteiger partial charge on any atom is 0.130 e. The van der Waals surface area contributed by atoms with Crippen molar-refractivity contribution in [1.82, 2.24) is 9.78 Å². The third-order valence-electron chi connectivity index (χ3n) is 2.86. The number of halogens is 2. The van der Waals surface area contributed by atoms with E-state index in [4.69, 9.17) is 16.3 Å². The van der Waals surface area contributed by atoms with Gasteiger partial charge >= 0.3 is 0 Å². The summed E-state index contributed by atoms with van der Waals surface area (Å²) in [5, 5.41) is 4.33. The number of hydrogen-bond donors (Lipinski definition) is 0. The van der Waals surface area contributed by atoms with E-state index in [0.29, 0.717) is 17.9 Å². The van der Waals surface area contributed by atoms with Crippen LogP contribution in [0.3, 0.4) is 0 Å². The van der Waals surface area contributed by atoms with Crippen LogP contribution in [-0.4, -0.2) is 9.78 Å². The van der Waals surface area contributed by atoms with E-state index in [0.717, 1.165) is 17.8 Å². The molecule has 0 aliphatic rings. The lowest BCUT2D eigenvalue weighted by Crippen LogP contribution is -2.03. The van der Waals surface area contributed by atoms with Gasteiger partial charge in [0.1, 0.15) is 18.2 Å². The molecule has 0 aliphatic heterocycles. The van der Waals surface area contributed by atoms with E-state index >= 15 is 0 Å². The van der Waals surface area contributed by atoms with E-state index in [1.165, 1.54) is 12.1 Å². The molecule has 0 fully saturated rings. The van der Waals surface area contributed by atoms with E-state index in [1.807, 2.05) is 20.0 Å². The van der Waals surface area contributed by atoms with E-state index in [9.17, 15) is 4.39 Å². The standard InChI is InChI=1S/C14H16ClFN2O/c1-3-12-7-13(18(2)17-12)9-19-14-5-10(8-15)4-11(16)6-14/h4-7H,3,8-9H2,1-2H3. The van der Waals surface area contributed by atoms with Crippen LogP contribution in [0.25, 0.3) is 0 Å². The van der Waals surface area contributed by atoms with Gasteiger partial charge in [-0.05, 0) is 30.2 Å². The number of rotatable bonds is 5. The Labute approximate surface area is 117 Å². The number of hydrogen-bond acceptors (Lipinski definition) is 2. The molecule has 1 aromatic carbocycles.